The smallest absolute Gasteiger partial charge is 0.387 e. The van der Waals surface area contributed by atoms with Gasteiger partial charge < -0.3 is 14.2 Å². The Balaban J connectivity index is 1.05. The SMILES string of the molecule is Cc1nnc2n1CCN(C(=O)C1CCC(CC#Cc3nccc(-n4nnc5c(OC(F)F)cccc54)n3)CC1)C2. The van der Waals surface area contributed by atoms with Crippen LogP contribution in [0.15, 0.2) is 30.5 Å². The second kappa shape index (κ2) is 11.0. The molecule has 0 radical (unpaired) electrons. The van der Waals surface area contributed by atoms with Gasteiger partial charge in [-0.2, -0.15) is 13.5 Å². The van der Waals surface area contributed by atoms with E-state index in [-0.39, 0.29) is 23.1 Å². The standard InChI is InChI=1S/C27H27F2N9O2/c1-17-32-33-24-16-36(14-15-37(17)24)26(39)19-10-8-18(9-11-19)4-2-7-22-30-13-12-23(31-22)38-20-5-3-6-21(40-27(28)29)25(20)34-35-38/h3,5-6,12-13,18-19,27H,4,8-11,14-16H2,1H3. The first-order chi connectivity index (χ1) is 19.5. The zero-order valence-electron chi connectivity index (χ0n) is 21.9. The molecule has 1 amide bonds. The summed E-state index contributed by atoms with van der Waals surface area (Å²) in [5.41, 5.74) is 0.686. The predicted molar refractivity (Wildman–Crippen MR) is 138 cm³/mol. The number of benzene rings is 1. The molecule has 1 aliphatic carbocycles. The maximum atomic E-state index is 13.1. The molecule has 0 bridgehead atoms. The van der Waals surface area contributed by atoms with Crippen molar-refractivity contribution in [2.45, 2.75) is 58.7 Å². The quantitative estimate of drug-likeness (QED) is 0.350. The predicted octanol–water partition coefficient (Wildman–Crippen LogP) is 3.30. The number of fused-ring (bicyclic) bond motifs is 2. The van der Waals surface area contributed by atoms with E-state index in [1.807, 2.05) is 11.8 Å². The van der Waals surface area contributed by atoms with E-state index in [0.29, 0.717) is 42.6 Å². The molecule has 4 aromatic rings. The largest absolute Gasteiger partial charge is 0.432 e. The van der Waals surface area contributed by atoms with Gasteiger partial charge in [0, 0.05) is 37.7 Å². The zero-order valence-corrected chi connectivity index (χ0v) is 21.9. The van der Waals surface area contributed by atoms with Crippen molar-refractivity contribution in [3.8, 4) is 23.4 Å². The highest BCUT2D eigenvalue weighted by Crippen LogP contribution is 2.32. The number of alkyl halides is 2. The molecule has 0 spiro atoms. The third-order valence-electron chi connectivity index (χ3n) is 7.55. The third kappa shape index (κ3) is 5.21. The Morgan fingerprint density at radius 3 is 2.80 bits per heavy atom. The lowest BCUT2D eigenvalue weighted by Gasteiger charge is -2.33. The van der Waals surface area contributed by atoms with Gasteiger partial charge in [0.1, 0.15) is 11.3 Å². The number of carbonyl (C=O) groups is 1. The van der Waals surface area contributed by atoms with Gasteiger partial charge in [-0.3, -0.25) is 4.79 Å². The van der Waals surface area contributed by atoms with Crippen LogP contribution < -0.4 is 4.74 Å². The van der Waals surface area contributed by atoms with Crippen LogP contribution >= 0.6 is 0 Å². The summed E-state index contributed by atoms with van der Waals surface area (Å²) >= 11 is 0. The number of halogens is 2. The van der Waals surface area contributed by atoms with Crippen LogP contribution in [0, 0.1) is 30.6 Å². The Morgan fingerprint density at radius 2 is 1.98 bits per heavy atom. The number of amides is 1. The Kier molecular flexibility index (Phi) is 7.06. The number of nitrogens with zero attached hydrogens (tertiary/aromatic N) is 9. The van der Waals surface area contributed by atoms with Crippen LogP contribution in [-0.4, -0.2) is 63.7 Å². The fourth-order valence-corrected chi connectivity index (χ4v) is 5.44. The minimum atomic E-state index is -2.96. The molecule has 2 aliphatic rings. The Labute approximate surface area is 228 Å². The molecular formula is C27H27F2N9O2. The lowest BCUT2D eigenvalue weighted by atomic mass is 9.80. The summed E-state index contributed by atoms with van der Waals surface area (Å²) < 4.78 is 33.5. The molecule has 1 aliphatic heterocycles. The first kappa shape index (κ1) is 25.8. The van der Waals surface area contributed by atoms with E-state index in [9.17, 15) is 13.6 Å². The van der Waals surface area contributed by atoms with Crippen LogP contribution in [0.3, 0.4) is 0 Å². The number of hydrogen-bond acceptors (Lipinski definition) is 8. The molecule has 0 saturated heterocycles. The maximum Gasteiger partial charge on any atom is 0.387 e. The fourth-order valence-electron chi connectivity index (χ4n) is 5.44. The normalized spacial score (nSPS) is 18.9. The second-order valence-corrected chi connectivity index (χ2v) is 10.0. The van der Waals surface area contributed by atoms with Gasteiger partial charge >= 0.3 is 6.61 Å². The Bertz CT molecular complexity index is 1600. The maximum absolute atomic E-state index is 13.1. The highest BCUT2D eigenvalue weighted by Gasteiger charge is 2.31. The number of aromatic nitrogens is 8. The summed E-state index contributed by atoms with van der Waals surface area (Å²) in [4.78, 5) is 23.8. The van der Waals surface area contributed by atoms with Crippen LogP contribution in [0.25, 0.3) is 16.9 Å². The lowest BCUT2D eigenvalue weighted by Crippen LogP contribution is -2.42. The fraction of sp³-hybridized carbons (Fsp3) is 0.444. The van der Waals surface area contributed by atoms with Crippen molar-refractivity contribution >= 4 is 16.9 Å². The van der Waals surface area contributed by atoms with E-state index >= 15 is 0 Å². The molecule has 1 fully saturated rings. The van der Waals surface area contributed by atoms with Crippen molar-refractivity contribution in [1.82, 2.24) is 44.6 Å². The topological polar surface area (TPSA) is 117 Å². The highest BCUT2D eigenvalue weighted by molar-refractivity contribution is 5.82. The molecule has 1 saturated carbocycles. The molecule has 0 N–H and O–H groups in total. The van der Waals surface area contributed by atoms with Crippen molar-refractivity contribution in [3.05, 3.63) is 47.9 Å². The highest BCUT2D eigenvalue weighted by atomic mass is 19.3. The number of ether oxygens (including phenoxy) is 1. The van der Waals surface area contributed by atoms with Crippen molar-refractivity contribution in [3.63, 3.8) is 0 Å². The molecular weight excluding hydrogens is 520 g/mol. The first-order valence-electron chi connectivity index (χ1n) is 13.2. The average Bonchev–Trinajstić information content (AvgIpc) is 3.57. The third-order valence-corrected chi connectivity index (χ3v) is 7.55. The van der Waals surface area contributed by atoms with Gasteiger partial charge in [-0.1, -0.05) is 17.2 Å². The number of carbonyl (C=O) groups excluding carboxylic acids is 1. The van der Waals surface area contributed by atoms with Crippen molar-refractivity contribution in [2.24, 2.45) is 11.8 Å². The summed E-state index contributed by atoms with van der Waals surface area (Å²) in [5, 5.41) is 16.4. The molecule has 11 nitrogen and oxygen atoms in total. The monoisotopic (exact) mass is 547 g/mol. The molecule has 206 valence electrons. The van der Waals surface area contributed by atoms with Gasteiger partial charge in [0.25, 0.3) is 0 Å². The minimum Gasteiger partial charge on any atom is -0.432 e. The van der Waals surface area contributed by atoms with Crippen LogP contribution in [0.2, 0.25) is 0 Å². The van der Waals surface area contributed by atoms with E-state index in [1.54, 1.807) is 24.4 Å². The van der Waals surface area contributed by atoms with E-state index in [2.05, 4.69) is 51.6 Å². The van der Waals surface area contributed by atoms with Gasteiger partial charge in [0.2, 0.25) is 11.7 Å². The van der Waals surface area contributed by atoms with Gasteiger partial charge in [0.15, 0.2) is 22.9 Å². The zero-order chi connectivity index (χ0) is 27.6. The van der Waals surface area contributed by atoms with Gasteiger partial charge in [0.05, 0.1) is 6.54 Å². The van der Waals surface area contributed by atoms with Crippen molar-refractivity contribution < 1.29 is 18.3 Å². The van der Waals surface area contributed by atoms with E-state index in [4.69, 9.17) is 0 Å². The molecule has 0 atom stereocenters. The van der Waals surface area contributed by atoms with Crippen LogP contribution in [-0.2, 0) is 17.9 Å². The molecule has 13 heteroatoms. The Hall–Kier alpha value is -4.47. The summed E-state index contributed by atoms with van der Waals surface area (Å²) in [6, 6.07) is 6.34. The Morgan fingerprint density at radius 1 is 1.12 bits per heavy atom. The van der Waals surface area contributed by atoms with Crippen molar-refractivity contribution in [1.29, 1.82) is 0 Å². The van der Waals surface area contributed by atoms with Gasteiger partial charge in [-0.25, -0.2) is 9.97 Å². The lowest BCUT2D eigenvalue weighted by molar-refractivity contribution is -0.138. The number of aryl methyl sites for hydroxylation is 1. The number of rotatable bonds is 5. The molecule has 1 aromatic carbocycles. The molecule has 6 rings (SSSR count). The van der Waals surface area contributed by atoms with Gasteiger partial charge in [-0.05, 0) is 56.6 Å². The van der Waals surface area contributed by atoms with Crippen molar-refractivity contribution in [2.75, 3.05) is 6.54 Å². The molecule has 40 heavy (non-hydrogen) atoms. The van der Waals surface area contributed by atoms with E-state index in [0.717, 1.165) is 43.9 Å². The van der Waals surface area contributed by atoms with Crippen LogP contribution in [0.5, 0.6) is 5.75 Å². The molecule has 4 heterocycles. The van der Waals surface area contributed by atoms with Crippen LogP contribution in [0.1, 0.15) is 49.6 Å². The molecule has 0 unspecified atom stereocenters. The van der Waals surface area contributed by atoms with Crippen LogP contribution in [0.4, 0.5) is 8.78 Å². The molecule has 3 aromatic heterocycles. The second-order valence-electron chi connectivity index (χ2n) is 10.0. The number of hydrogen-bond donors (Lipinski definition) is 0. The van der Waals surface area contributed by atoms with E-state index in [1.165, 1.54) is 10.7 Å². The summed E-state index contributed by atoms with van der Waals surface area (Å²) in [7, 11) is 0. The van der Waals surface area contributed by atoms with E-state index < -0.39 is 6.61 Å². The minimum absolute atomic E-state index is 0.0453. The summed E-state index contributed by atoms with van der Waals surface area (Å²) in [5.74, 6) is 9.35. The summed E-state index contributed by atoms with van der Waals surface area (Å²) in [6.45, 7) is 0.944. The van der Waals surface area contributed by atoms with Gasteiger partial charge in [-0.15, -0.1) is 15.3 Å². The average molecular weight is 548 g/mol. The summed E-state index contributed by atoms with van der Waals surface area (Å²) in [6.07, 6.45) is 5.87. The first-order valence-corrected chi connectivity index (χ1v) is 13.2.